The van der Waals surface area contributed by atoms with Gasteiger partial charge in [-0.2, -0.15) is 15.3 Å². The van der Waals surface area contributed by atoms with Crippen molar-refractivity contribution < 1.29 is 58.9 Å². The van der Waals surface area contributed by atoms with Gasteiger partial charge in [0.2, 0.25) is 5.91 Å². The molecule has 0 aliphatic carbocycles. The van der Waals surface area contributed by atoms with Crippen LogP contribution in [0.1, 0.15) is 75.4 Å². The summed E-state index contributed by atoms with van der Waals surface area (Å²) in [4.78, 5) is 31.2. The number of alkyl halides is 6. The lowest BCUT2D eigenvalue weighted by Crippen LogP contribution is -2.19. The zero-order chi connectivity index (χ0) is 87.0. The Morgan fingerprint density at radius 3 is 1.28 bits per heavy atom. The Hall–Kier alpha value is -14.7. The van der Waals surface area contributed by atoms with Crippen molar-refractivity contribution in [1.29, 1.82) is 0 Å². The lowest BCUT2D eigenvalue weighted by atomic mass is 9.98. The van der Waals surface area contributed by atoms with Gasteiger partial charge in [-0.05, 0) is 244 Å². The number of halogens is 8. The number of carbonyl (C=O) groups excluding carboxylic acids is 1. The Bertz CT molecular complexity index is 5980. The van der Waals surface area contributed by atoms with Crippen molar-refractivity contribution in [2.45, 2.75) is 68.6 Å². The fourth-order valence-corrected chi connectivity index (χ4v) is 13.1. The highest BCUT2D eigenvalue weighted by Gasteiger charge is 2.32. The number of nitrogens with one attached hydrogen (secondary N) is 1. The van der Waals surface area contributed by atoms with Gasteiger partial charge in [0, 0.05) is 168 Å². The van der Waals surface area contributed by atoms with Gasteiger partial charge in [-0.15, -0.1) is 26.3 Å². The molecule has 4 aromatic heterocycles. The number of nitrogens with zero attached hydrogens (tertiary/aromatic N) is 11. The van der Waals surface area contributed by atoms with E-state index in [0.29, 0.717) is 41.7 Å². The molecule has 1 N–H and O–H groups in total. The maximum absolute atomic E-state index is 13.1. The molecule has 0 spiro atoms. The van der Waals surface area contributed by atoms with Gasteiger partial charge >= 0.3 is 12.7 Å². The van der Waals surface area contributed by atoms with E-state index in [4.69, 9.17) is 9.47 Å². The van der Waals surface area contributed by atoms with Gasteiger partial charge in [0.15, 0.2) is 0 Å². The van der Waals surface area contributed by atoms with Gasteiger partial charge in [-0.25, -0.2) is 8.78 Å². The third kappa shape index (κ3) is 23.8. The largest absolute Gasteiger partial charge is 0.573 e. The summed E-state index contributed by atoms with van der Waals surface area (Å²) in [6.45, 7) is 31.3. The summed E-state index contributed by atoms with van der Waals surface area (Å²) in [6.07, 6.45) is 23.4. The van der Waals surface area contributed by atoms with Crippen LogP contribution in [0.2, 0.25) is 0 Å². The molecular formula is C96H92F8N12O6. The first-order valence-corrected chi connectivity index (χ1v) is 38.0. The number of carbonyl (C=O) groups is 1. The summed E-state index contributed by atoms with van der Waals surface area (Å²) in [6, 6.07) is 45.7. The van der Waals surface area contributed by atoms with E-state index in [1.165, 1.54) is 83.8 Å². The van der Waals surface area contributed by atoms with E-state index < -0.39 is 12.7 Å². The number of hydrogen-bond donors (Lipinski definition) is 1. The molecule has 0 fully saturated rings. The summed E-state index contributed by atoms with van der Waals surface area (Å²) in [5.41, 5.74) is 22.0. The van der Waals surface area contributed by atoms with E-state index >= 15 is 0 Å². The number of ether oxygens (including phenoxy) is 4. The van der Waals surface area contributed by atoms with E-state index in [1.807, 2.05) is 119 Å². The predicted molar refractivity (Wildman–Crippen MR) is 470 cm³/mol. The standard InChI is InChI=1S/C20H23N3O.C19H13F4NO.C19H15FN2O2.C19H21N3O.C18H16F3N3O.CH4/c1-6-24-18-7-8-20(15(3)10-18)23-13-19(14(2)9-16(23)4)17-11-21-22(5)12-17;1-13-2-3-15(14-4-6-16(20)7-5-14)12-24(13)17-8-10-18(11-9-17)25-19(21,22)23;1-13(23)21-17-3-2-4-18(11-17)22-12-15(7-10-19(22)24)14-5-8-16(20)9-6-14;1-5-23-18-8-9-19(14(2)10-18)22-13-16(7-6-15(22)3)17-11-20-21(4)12-17;1-12-8-13(2)24(11-17(12)14-9-22-23(3)10-14)15-4-6-16(7-5-15)25-18(19,20)21;/h7-13H,4,6H2,1-3,5H3;2-12H,1H2;2-12H,1H3,(H,21,23);6-13H,3,5H2,1-2,4H3;4-11H,2H2,1,3H3;1H4. The quantitative estimate of drug-likeness (QED) is 0.0861. The van der Waals surface area contributed by atoms with Crippen LogP contribution in [0.5, 0.6) is 23.0 Å². The molecule has 11 aromatic rings. The van der Waals surface area contributed by atoms with Gasteiger partial charge < -0.3 is 43.9 Å². The molecule has 0 radical (unpaired) electrons. The molecule has 18 nitrogen and oxygen atoms in total. The van der Waals surface area contributed by atoms with Crippen molar-refractivity contribution >= 4 is 56.6 Å². The van der Waals surface area contributed by atoms with E-state index in [1.54, 1.807) is 106 Å². The van der Waals surface area contributed by atoms with Crippen molar-refractivity contribution in [3.63, 3.8) is 0 Å². The first-order valence-electron chi connectivity index (χ1n) is 38.0. The molecule has 1 amide bonds. The highest BCUT2D eigenvalue weighted by atomic mass is 19.4. The number of aromatic nitrogens is 7. The van der Waals surface area contributed by atoms with Crippen LogP contribution in [0.4, 0.5) is 63.6 Å². The molecule has 628 valence electrons. The number of allylic oxidation sites excluding steroid dienone is 12. The van der Waals surface area contributed by atoms with Crippen molar-refractivity contribution in [1.82, 2.24) is 33.9 Å². The Morgan fingerprint density at radius 1 is 0.434 bits per heavy atom. The van der Waals surface area contributed by atoms with Gasteiger partial charge in [0.1, 0.15) is 34.6 Å². The van der Waals surface area contributed by atoms with Crippen molar-refractivity contribution in [3.05, 3.63) is 390 Å². The minimum Gasteiger partial charge on any atom is -0.494 e. The second-order valence-electron chi connectivity index (χ2n) is 27.9. The summed E-state index contributed by atoms with van der Waals surface area (Å²) in [7, 11) is 5.69. The molecule has 7 aromatic carbocycles. The van der Waals surface area contributed by atoms with Crippen LogP contribution in [0.3, 0.4) is 0 Å². The molecule has 122 heavy (non-hydrogen) atoms. The molecule has 15 rings (SSSR count). The molecule has 0 atom stereocenters. The highest BCUT2D eigenvalue weighted by molar-refractivity contribution is 5.90. The first kappa shape index (κ1) is 89.7. The summed E-state index contributed by atoms with van der Waals surface area (Å²) in [5, 5.41) is 15.4. The van der Waals surface area contributed by atoms with Crippen LogP contribution in [0.25, 0.3) is 39.1 Å². The Morgan fingerprint density at radius 2 is 0.836 bits per heavy atom. The number of pyridine rings is 1. The van der Waals surface area contributed by atoms with E-state index in [9.17, 15) is 44.7 Å². The average molecular weight is 1660 g/mol. The van der Waals surface area contributed by atoms with Crippen LogP contribution >= 0.6 is 0 Å². The van der Waals surface area contributed by atoms with Gasteiger partial charge in [-0.3, -0.25) is 28.2 Å². The number of anilines is 5. The number of amides is 1. The minimum absolute atomic E-state index is 0. The molecule has 0 saturated carbocycles. The Kier molecular flexibility index (Phi) is 29.2. The maximum atomic E-state index is 13.1. The molecule has 26 heteroatoms. The molecule has 8 heterocycles. The van der Waals surface area contributed by atoms with Crippen molar-refractivity contribution in [2.24, 2.45) is 21.1 Å². The molecule has 0 saturated heterocycles. The fourth-order valence-electron chi connectivity index (χ4n) is 13.1. The lowest BCUT2D eigenvalue weighted by Gasteiger charge is -2.28. The molecule has 0 unspecified atom stereocenters. The minimum atomic E-state index is -4.73. The zero-order valence-electron chi connectivity index (χ0n) is 68.1. The van der Waals surface area contributed by atoms with E-state index in [2.05, 4.69) is 136 Å². The molecule has 0 bridgehead atoms. The monoisotopic (exact) mass is 1660 g/mol. The van der Waals surface area contributed by atoms with Crippen LogP contribution in [0.15, 0.2) is 340 Å². The molecule has 4 aliphatic heterocycles. The number of benzene rings is 7. The van der Waals surface area contributed by atoms with Crippen molar-refractivity contribution in [2.75, 3.05) is 38.1 Å². The zero-order valence-corrected chi connectivity index (χ0v) is 68.1. The van der Waals surface area contributed by atoms with Crippen LogP contribution in [-0.2, 0) is 25.9 Å². The maximum Gasteiger partial charge on any atom is 0.573 e. The van der Waals surface area contributed by atoms with E-state index in [0.717, 1.165) is 112 Å². The van der Waals surface area contributed by atoms with Gasteiger partial charge in [0.25, 0.3) is 5.56 Å². The second-order valence-corrected chi connectivity index (χ2v) is 27.9. The van der Waals surface area contributed by atoms with Crippen molar-refractivity contribution in [3.8, 4) is 39.8 Å². The number of rotatable bonds is 17. The topological polar surface area (TPSA) is 154 Å². The van der Waals surface area contributed by atoms with Gasteiger partial charge in [0.05, 0.1) is 37.5 Å². The third-order valence-electron chi connectivity index (χ3n) is 18.8. The Balaban J connectivity index is 0.000000160. The highest BCUT2D eigenvalue weighted by Crippen LogP contribution is 2.40. The Labute approximate surface area is 703 Å². The summed E-state index contributed by atoms with van der Waals surface area (Å²) >= 11 is 0. The van der Waals surface area contributed by atoms with Crippen LogP contribution in [0, 0.1) is 25.5 Å². The summed E-state index contributed by atoms with van der Waals surface area (Å²) in [5.74, 6) is 0.410. The van der Waals surface area contributed by atoms with E-state index in [-0.39, 0.29) is 42.0 Å². The fraction of sp³-hybridized carbons (Fsp3) is 0.156. The first-order chi connectivity index (χ1) is 57.6. The molecule has 4 aliphatic rings. The summed E-state index contributed by atoms with van der Waals surface area (Å²) < 4.78 is 125. The molecular weight excluding hydrogens is 1570 g/mol. The number of hydrogen-bond acceptors (Lipinski definition) is 13. The van der Waals surface area contributed by atoms with Crippen LogP contribution in [-0.4, -0.2) is 65.8 Å². The normalized spacial score (nSPS) is 13.6. The smallest absolute Gasteiger partial charge is 0.494 e. The third-order valence-corrected chi connectivity index (χ3v) is 18.8. The predicted octanol–water partition coefficient (Wildman–Crippen LogP) is 23.0. The average Bonchev–Trinajstić information content (AvgIpc) is 1.26. The second kappa shape index (κ2) is 39.7. The van der Waals surface area contributed by atoms with Gasteiger partial charge in [-0.1, -0.05) is 76.2 Å². The SMILES string of the molecule is C.C=C1C=C(C)C(c2cnn(C)c2)=CN1c1ccc(OC(F)(F)F)cc1.C=C1C=C(C)C(c2cnn(C)c2)=CN1c1ccc(OCC)cc1C.C=C1C=CC(c2ccc(F)cc2)=CN1c1ccc(OC(F)(F)F)cc1.C=C1C=CC(c2cnn(C)c2)=CN1c1ccc(OCC)cc1C.CC(=O)Nc1cccc(-n2cc(-c3ccc(F)cc3)ccc2=O)c1. The number of aryl methyl sites for hydroxylation is 5. The van der Waals surface area contributed by atoms with Crippen LogP contribution < -0.4 is 49.4 Å². The lowest BCUT2D eigenvalue weighted by molar-refractivity contribution is -0.275.